The zero-order valence-corrected chi connectivity index (χ0v) is 28.4. The van der Waals surface area contributed by atoms with Crippen LogP contribution in [0.5, 0.6) is 0 Å². The molecule has 0 aliphatic carbocycles. The van der Waals surface area contributed by atoms with E-state index in [1.54, 1.807) is 0 Å². The van der Waals surface area contributed by atoms with Crippen molar-refractivity contribution >= 4 is 113 Å². The fraction of sp³-hybridized carbons (Fsp3) is 0. The van der Waals surface area contributed by atoms with Gasteiger partial charge < -0.3 is 9.32 Å². The number of para-hydroxylation sites is 1. The summed E-state index contributed by atoms with van der Waals surface area (Å²) >= 11 is 3.71. The fourth-order valence-electron chi connectivity index (χ4n) is 7.74. The molecule has 0 fully saturated rings. The minimum atomic E-state index is 0.912. The summed E-state index contributed by atoms with van der Waals surface area (Å²) in [5, 5.41) is 9.86. The van der Waals surface area contributed by atoms with E-state index in [0.717, 1.165) is 50.1 Å². The Labute approximate surface area is 295 Å². The summed E-state index contributed by atoms with van der Waals surface area (Å²) in [6.45, 7) is 0. The summed E-state index contributed by atoms with van der Waals surface area (Å²) < 4.78 is 11.8. The third kappa shape index (κ3) is 4.19. The first-order valence-corrected chi connectivity index (χ1v) is 18.5. The van der Waals surface area contributed by atoms with Crippen LogP contribution in [0.2, 0.25) is 0 Å². The lowest BCUT2D eigenvalue weighted by atomic mass is 9.95. The summed E-state index contributed by atoms with van der Waals surface area (Å²) in [7, 11) is 0. The number of nitrogens with zero attached hydrogens (tertiary/aromatic N) is 1. The smallest absolute Gasteiger partial charge is 0.143 e. The van der Waals surface area contributed by atoms with Gasteiger partial charge in [0, 0.05) is 73.7 Å². The summed E-state index contributed by atoms with van der Waals surface area (Å²) in [6, 6.07) is 59.6. The Morgan fingerprint density at radius 3 is 1.56 bits per heavy atom. The Bertz CT molecular complexity index is 2990. The van der Waals surface area contributed by atoms with E-state index in [1.165, 1.54) is 51.1 Å². The first kappa shape index (κ1) is 28.0. The summed E-state index contributed by atoms with van der Waals surface area (Å²) in [6.07, 6.45) is 0. The van der Waals surface area contributed by atoms with E-state index >= 15 is 0 Å². The van der Waals surface area contributed by atoms with Crippen molar-refractivity contribution in [2.45, 2.75) is 0 Å². The second kappa shape index (κ2) is 10.8. The lowest BCUT2D eigenvalue weighted by Gasteiger charge is -2.26. The normalized spacial score (nSPS) is 12.0. The number of benzene rings is 8. The van der Waals surface area contributed by atoms with Crippen LogP contribution < -0.4 is 4.90 Å². The number of rotatable bonds is 4. The van der Waals surface area contributed by atoms with Gasteiger partial charge in [-0.3, -0.25) is 0 Å². The number of hydrogen-bond donors (Lipinski definition) is 0. The number of anilines is 3. The second-order valence-corrected chi connectivity index (χ2v) is 15.1. The minimum Gasteiger partial charge on any atom is -0.455 e. The topological polar surface area (TPSA) is 16.4 Å². The van der Waals surface area contributed by atoms with Crippen LogP contribution in [0, 0.1) is 0 Å². The molecule has 8 aromatic carbocycles. The van der Waals surface area contributed by atoms with Crippen LogP contribution in [0.4, 0.5) is 17.1 Å². The van der Waals surface area contributed by atoms with Crippen molar-refractivity contribution < 1.29 is 4.42 Å². The maximum atomic E-state index is 6.59. The van der Waals surface area contributed by atoms with Crippen molar-refractivity contribution in [3.63, 3.8) is 0 Å². The first-order chi connectivity index (χ1) is 24.8. The predicted octanol–water partition coefficient (Wildman–Crippen LogP) is 14.6. The van der Waals surface area contributed by atoms with Crippen molar-refractivity contribution in [1.82, 2.24) is 0 Å². The zero-order chi connectivity index (χ0) is 32.8. The average Bonchev–Trinajstić information content (AvgIpc) is 3.85. The Morgan fingerprint density at radius 2 is 0.900 bits per heavy atom. The maximum Gasteiger partial charge on any atom is 0.143 e. The molecular formula is C46H27NOS2. The Morgan fingerprint density at radius 1 is 0.380 bits per heavy atom. The molecule has 0 radical (unpaired) electrons. The molecule has 0 amide bonds. The van der Waals surface area contributed by atoms with Gasteiger partial charge in [0.1, 0.15) is 11.2 Å². The van der Waals surface area contributed by atoms with E-state index in [1.807, 2.05) is 28.7 Å². The van der Waals surface area contributed by atoms with Crippen LogP contribution in [0.25, 0.3) is 84.2 Å². The van der Waals surface area contributed by atoms with Crippen LogP contribution in [0.1, 0.15) is 0 Å². The van der Waals surface area contributed by atoms with Gasteiger partial charge in [0.25, 0.3) is 0 Å². The molecule has 0 spiro atoms. The molecule has 0 aliphatic heterocycles. The Balaban J connectivity index is 1.12. The molecule has 11 rings (SSSR count). The van der Waals surface area contributed by atoms with Crippen LogP contribution in [-0.4, -0.2) is 0 Å². The van der Waals surface area contributed by atoms with Gasteiger partial charge in [0.15, 0.2) is 0 Å². The van der Waals surface area contributed by atoms with Gasteiger partial charge in [0.05, 0.1) is 0 Å². The fourth-order valence-corrected chi connectivity index (χ4v) is 9.91. The van der Waals surface area contributed by atoms with Gasteiger partial charge in [-0.25, -0.2) is 0 Å². The van der Waals surface area contributed by atoms with Crippen LogP contribution in [-0.2, 0) is 0 Å². The molecule has 50 heavy (non-hydrogen) atoms. The number of hydrogen-bond acceptors (Lipinski definition) is 4. The lowest BCUT2D eigenvalue weighted by molar-refractivity contribution is 0.670. The molecule has 0 unspecified atom stereocenters. The molecule has 0 aliphatic rings. The first-order valence-electron chi connectivity index (χ1n) is 16.8. The SMILES string of the molecule is c1ccc2c(-c3ccc(N(c4ccc5sc6ccccc6c5c4)c4ccc5sc6ccccc6c5c4)cc3)c3oc4ccccc4c3cc2c1. The molecule has 0 bridgehead atoms. The molecule has 0 atom stereocenters. The van der Waals surface area contributed by atoms with Gasteiger partial charge in [-0.1, -0.05) is 91.0 Å². The van der Waals surface area contributed by atoms with E-state index in [0.29, 0.717) is 0 Å². The number of furan rings is 1. The van der Waals surface area contributed by atoms with Gasteiger partial charge in [0.2, 0.25) is 0 Å². The molecular weight excluding hydrogens is 647 g/mol. The molecule has 0 saturated carbocycles. The van der Waals surface area contributed by atoms with Crippen molar-refractivity contribution in [2.75, 3.05) is 4.90 Å². The van der Waals surface area contributed by atoms with Crippen LogP contribution >= 0.6 is 22.7 Å². The largest absolute Gasteiger partial charge is 0.455 e. The van der Waals surface area contributed by atoms with E-state index in [-0.39, 0.29) is 0 Å². The molecule has 4 heteroatoms. The van der Waals surface area contributed by atoms with Crippen LogP contribution in [0.3, 0.4) is 0 Å². The average molecular weight is 674 g/mol. The highest BCUT2D eigenvalue weighted by Crippen LogP contribution is 2.45. The van der Waals surface area contributed by atoms with E-state index in [9.17, 15) is 0 Å². The third-order valence-corrected chi connectivity index (χ3v) is 12.3. The molecule has 3 aromatic heterocycles. The summed E-state index contributed by atoms with van der Waals surface area (Å²) in [5.74, 6) is 0. The van der Waals surface area contributed by atoms with Gasteiger partial charge >= 0.3 is 0 Å². The second-order valence-electron chi connectivity index (χ2n) is 12.9. The van der Waals surface area contributed by atoms with E-state index < -0.39 is 0 Å². The van der Waals surface area contributed by atoms with Crippen molar-refractivity contribution in [1.29, 1.82) is 0 Å². The third-order valence-electron chi connectivity index (χ3n) is 10.0. The summed E-state index contributed by atoms with van der Waals surface area (Å²) in [5.41, 5.74) is 7.48. The highest BCUT2D eigenvalue weighted by Gasteiger charge is 2.19. The van der Waals surface area contributed by atoms with Crippen LogP contribution in [0.15, 0.2) is 168 Å². The molecule has 0 N–H and O–H groups in total. The number of fused-ring (bicyclic) bond motifs is 10. The van der Waals surface area contributed by atoms with Crippen molar-refractivity contribution in [3.05, 3.63) is 164 Å². The molecule has 11 aromatic rings. The lowest BCUT2D eigenvalue weighted by Crippen LogP contribution is -2.09. The highest BCUT2D eigenvalue weighted by molar-refractivity contribution is 7.26. The highest BCUT2D eigenvalue weighted by atomic mass is 32.1. The monoisotopic (exact) mass is 673 g/mol. The molecule has 0 saturated heterocycles. The minimum absolute atomic E-state index is 0.912. The predicted molar refractivity (Wildman–Crippen MR) is 217 cm³/mol. The molecule has 234 valence electrons. The molecule has 3 heterocycles. The van der Waals surface area contributed by atoms with Crippen molar-refractivity contribution in [2.24, 2.45) is 0 Å². The number of thiophene rings is 2. The Hall–Kier alpha value is -5.94. The van der Waals surface area contributed by atoms with Crippen molar-refractivity contribution in [3.8, 4) is 11.1 Å². The molecule has 2 nitrogen and oxygen atoms in total. The quantitative estimate of drug-likeness (QED) is 0.185. The Kier molecular flexibility index (Phi) is 6.03. The standard InChI is InChI=1S/C46H27NOS2/c1-2-10-33-29(9-1)25-39-34-11-3-6-14-40(34)48-46(39)45(33)28-17-19-30(20-18-28)47(31-21-23-43-37(26-31)35-12-4-7-15-41(35)49-43)32-22-24-44-38(27-32)36-13-5-8-16-42(36)50-44/h1-27H. The zero-order valence-electron chi connectivity index (χ0n) is 26.8. The summed E-state index contributed by atoms with van der Waals surface area (Å²) in [4.78, 5) is 2.40. The van der Waals surface area contributed by atoms with Gasteiger partial charge in [-0.2, -0.15) is 0 Å². The van der Waals surface area contributed by atoms with Gasteiger partial charge in [-0.15, -0.1) is 22.7 Å². The van der Waals surface area contributed by atoms with Gasteiger partial charge in [-0.05, 0) is 89.1 Å². The van der Waals surface area contributed by atoms with E-state index in [2.05, 4.69) is 163 Å². The van der Waals surface area contributed by atoms with E-state index in [4.69, 9.17) is 4.42 Å². The maximum absolute atomic E-state index is 6.59.